The van der Waals surface area contributed by atoms with E-state index in [2.05, 4.69) is 5.32 Å². The molecule has 2 N–H and O–H groups in total. The van der Waals surface area contributed by atoms with Gasteiger partial charge in [-0.1, -0.05) is 0 Å². The summed E-state index contributed by atoms with van der Waals surface area (Å²) in [4.78, 5) is 0. The molecule has 14 heavy (non-hydrogen) atoms. The van der Waals surface area contributed by atoms with E-state index in [1.165, 1.54) is 0 Å². The van der Waals surface area contributed by atoms with Crippen LogP contribution in [0.1, 0.15) is 12.8 Å². The van der Waals surface area contributed by atoms with Gasteiger partial charge in [0, 0.05) is 13.7 Å². The molecule has 0 spiro atoms. The van der Waals surface area contributed by atoms with Gasteiger partial charge in [0.15, 0.2) is 0 Å². The van der Waals surface area contributed by atoms with Gasteiger partial charge in [0.25, 0.3) is 0 Å². The third kappa shape index (κ3) is 4.91. The molecule has 1 fully saturated rings. The number of nitrogens with one attached hydrogen (secondary N) is 1. The van der Waals surface area contributed by atoms with Gasteiger partial charge in [0.1, 0.15) is 0 Å². The Bertz CT molecular complexity index is 137. The van der Waals surface area contributed by atoms with Gasteiger partial charge in [-0.25, -0.2) is 0 Å². The van der Waals surface area contributed by atoms with Crippen molar-refractivity contribution in [1.29, 1.82) is 0 Å². The SMILES string of the molecule is COCCOCCNCC1CC(O)C1. The van der Waals surface area contributed by atoms with Crippen LogP contribution in [0.25, 0.3) is 0 Å². The summed E-state index contributed by atoms with van der Waals surface area (Å²) in [7, 11) is 1.67. The average molecular weight is 203 g/mol. The number of aliphatic hydroxyl groups is 1. The first kappa shape index (κ1) is 11.9. The summed E-state index contributed by atoms with van der Waals surface area (Å²) in [6, 6.07) is 0. The molecule has 4 heteroatoms. The minimum Gasteiger partial charge on any atom is -0.393 e. The van der Waals surface area contributed by atoms with Crippen molar-refractivity contribution >= 4 is 0 Å². The van der Waals surface area contributed by atoms with E-state index in [9.17, 15) is 0 Å². The highest BCUT2D eigenvalue weighted by Gasteiger charge is 2.26. The summed E-state index contributed by atoms with van der Waals surface area (Å²) in [5.41, 5.74) is 0. The Morgan fingerprint density at radius 3 is 2.71 bits per heavy atom. The Morgan fingerprint density at radius 2 is 2.07 bits per heavy atom. The maximum absolute atomic E-state index is 9.05. The molecule has 0 heterocycles. The lowest BCUT2D eigenvalue weighted by Gasteiger charge is -2.31. The second-order valence-corrected chi connectivity index (χ2v) is 3.80. The molecule has 1 saturated carbocycles. The van der Waals surface area contributed by atoms with Crippen molar-refractivity contribution in [1.82, 2.24) is 5.32 Å². The van der Waals surface area contributed by atoms with Gasteiger partial charge in [-0.2, -0.15) is 0 Å². The molecule has 0 aromatic carbocycles. The number of hydrogen-bond acceptors (Lipinski definition) is 4. The maximum atomic E-state index is 9.05. The molecule has 4 nitrogen and oxygen atoms in total. The lowest BCUT2D eigenvalue weighted by Crippen LogP contribution is -2.37. The van der Waals surface area contributed by atoms with Crippen molar-refractivity contribution in [2.24, 2.45) is 5.92 Å². The zero-order chi connectivity index (χ0) is 10.2. The molecule has 0 aliphatic heterocycles. The third-order valence-corrected chi connectivity index (χ3v) is 2.50. The van der Waals surface area contributed by atoms with Crippen LogP contribution >= 0.6 is 0 Å². The van der Waals surface area contributed by atoms with E-state index in [-0.39, 0.29) is 6.10 Å². The molecule has 1 rings (SSSR count). The zero-order valence-corrected chi connectivity index (χ0v) is 8.87. The number of aliphatic hydroxyl groups excluding tert-OH is 1. The summed E-state index contributed by atoms with van der Waals surface area (Å²) in [5.74, 6) is 0.670. The maximum Gasteiger partial charge on any atom is 0.0700 e. The van der Waals surface area contributed by atoms with E-state index in [0.29, 0.717) is 19.1 Å². The van der Waals surface area contributed by atoms with Crippen LogP contribution in [0.2, 0.25) is 0 Å². The van der Waals surface area contributed by atoms with Gasteiger partial charge >= 0.3 is 0 Å². The molecule has 0 unspecified atom stereocenters. The van der Waals surface area contributed by atoms with Crippen LogP contribution < -0.4 is 5.32 Å². The smallest absolute Gasteiger partial charge is 0.0700 e. The summed E-state index contributed by atoms with van der Waals surface area (Å²) in [6.07, 6.45) is 1.87. The quantitative estimate of drug-likeness (QED) is 0.546. The molecule has 0 bridgehead atoms. The molecular weight excluding hydrogens is 182 g/mol. The van der Waals surface area contributed by atoms with E-state index in [0.717, 1.165) is 32.5 Å². The van der Waals surface area contributed by atoms with Crippen molar-refractivity contribution in [3.8, 4) is 0 Å². The van der Waals surface area contributed by atoms with Crippen LogP contribution in [0.15, 0.2) is 0 Å². The fraction of sp³-hybridized carbons (Fsp3) is 1.00. The van der Waals surface area contributed by atoms with Crippen LogP contribution in [-0.2, 0) is 9.47 Å². The van der Waals surface area contributed by atoms with Crippen molar-refractivity contribution in [3.63, 3.8) is 0 Å². The first-order valence-corrected chi connectivity index (χ1v) is 5.28. The standard InChI is InChI=1S/C10H21NO3/c1-13-4-5-14-3-2-11-8-9-6-10(12)7-9/h9-12H,2-8H2,1H3. The van der Waals surface area contributed by atoms with Crippen molar-refractivity contribution < 1.29 is 14.6 Å². The second-order valence-electron chi connectivity index (χ2n) is 3.80. The number of hydrogen-bond donors (Lipinski definition) is 2. The average Bonchev–Trinajstić information content (AvgIpc) is 2.13. The first-order valence-electron chi connectivity index (χ1n) is 5.28. The number of rotatable bonds is 8. The Morgan fingerprint density at radius 1 is 1.29 bits per heavy atom. The molecule has 0 saturated heterocycles. The van der Waals surface area contributed by atoms with Gasteiger partial charge in [-0.3, -0.25) is 0 Å². The summed E-state index contributed by atoms with van der Waals surface area (Å²) in [5, 5.41) is 12.4. The third-order valence-electron chi connectivity index (χ3n) is 2.50. The lowest BCUT2D eigenvalue weighted by atomic mass is 9.82. The topological polar surface area (TPSA) is 50.7 Å². The fourth-order valence-electron chi connectivity index (χ4n) is 1.56. The fourth-order valence-corrected chi connectivity index (χ4v) is 1.56. The minimum atomic E-state index is -0.0419. The van der Waals surface area contributed by atoms with E-state index in [1.807, 2.05) is 0 Å². The predicted octanol–water partition coefficient (Wildman–Crippen LogP) is 0.00990. The van der Waals surface area contributed by atoms with Crippen molar-refractivity contribution in [2.45, 2.75) is 18.9 Å². The van der Waals surface area contributed by atoms with E-state index >= 15 is 0 Å². The van der Waals surface area contributed by atoms with Gasteiger partial charge in [-0.15, -0.1) is 0 Å². The van der Waals surface area contributed by atoms with E-state index in [4.69, 9.17) is 14.6 Å². The molecule has 1 aliphatic carbocycles. The number of methoxy groups -OCH3 is 1. The Kier molecular flexibility index (Phi) is 6.10. The van der Waals surface area contributed by atoms with Crippen molar-refractivity contribution in [2.75, 3.05) is 40.0 Å². The van der Waals surface area contributed by atoms with Gasteiger partial charge in [0.05, 0.1) is 25.9 Å². The molecule has 84 valence electrons. The van der Waals surface area contributed by atoms with Crippen LogP contribution in [-0.4, -0.2) is 51.2 Å². The molecular formula is C10H21NO3. The normalized spacial score (nSPS) is 26.1. The van der Waals surface area contributed by atoms with Crippen LogP contribution in [0.3, 0.4) is 0 Å². The first-order chi connectivity index (χ1) is 6.83. The lowest BCUT2D eigenvalue weighted by molar-refractivity contribution is 0.0403. The second kappa shape index (κ2) is 7.17. The Labute approximate surface area is 85.6 Å². The monoisotopic (exact) mass is 203 g/mol. The highest BCUT2D eigenvalue weighted by Crippen LogP contribution is 2.25. The Balaban J connectivity index is 1.72. The van der Waals surface area contributed by atoms with Crippen LogP contribution in [0.4, 0.5) is 0 Å². The number of ether oxygens (including phenoxy) is 2. The van der Waals surface area contributed by atoms with Crippen LogP contribution in [0.5, 0.6) is 0 Å². The highest BCUT2D eigenvalue weighted by atomic mass is 16.5. The van der Waals surface area contributed by atoms with Gasteiger partial charge in [0.2, 0.25) is 0 Å². The molecule has 0 aromatic rings. The highest BCUT2D eigenvalue weighted by molar-refractivity contribution is 4.79. The van der Waals surface area contributed by atoms with Crippen molar-refractivity contribution in [3.05, 3.63) is 0 Å². The molecule has 1 aliphatic rings. The molecule has 0 amide bonds. The summed E-state index contributed by atoms with van der Waals surface area (Å²) < 4.78 is 10.1. The minimum absolute atomic E-state index is 0.0419. The Hall–Kier alpha value is -0.160. The molecule has 0 atom stereocenters. The summed E-state index contributed by atoms with van der Waals surface area (Å²) >= 11 is 0. The molecule has 0 aromatic heterocycles. The van der Waals surface area contributed by atoms with Gasteiger partial charge < -0.3 is 19.9 Å². The zero-order valence-electron chi connectivity index (χ0n) is 8.87. The largest absolute Gasteiger partial charge is 0.393 e. The van der Waals surface area contributed by atoms with Crippen LogP contribution in [0, 0.1) is 5.92 Å². The molecule has 0 radical (unpaired) electrons. The van der Waals surface area contributed by atoms with Gasteiger partial charge in [-0.05, 0) is 25.3 Å². The predicted molar refractivity (Wildman–Crippen MR) is 54.3 cm³/mol. The summed E-state index contributed by atoms with van der Waals surface area (Å²) in [6.45, 7) is 3.95. The van der Waals surface area contributed by atoms with E-state index in [1.54, 1.807) is 7.11 Å². The van der Waals surface area contributed by atoms with E-state index < -0.39 is 0 Å².